The summed E-state index contributed by atoms with van der Waals surface area (Å²) in [5.41, 5.74) is 3.44. The molecule has 1 heterocycles. The van der Waals surface area contributed by atoms with Crippen molar-refractivity contribution in [1.82, 2.24) is 4.98 Å². The maximum atomic E-state index is 9.31. The highest BCUT2D eigenvalue weighted by molar-refractivity contribution is 7.80. The van der Waals surface area contributed by atoms with Gasteiger partial charge in [-0.3, -0.25) is 4.98 Å². The van der Waals surface area contributed by atoms with Crippen LogP contribution in [0.4, 0.5) is 0 Å². The second-order valence-electron chi connectivity index (χ2n) is 4.85. The SMILES string of the molecule is COCOCc1c(-c2cccc(OC)c2)nc(C)c(C#N)c1S. The van der Waals surface area contributed by atoms with Crippen LogP contribution < -0.4 is 4.74 Å². The van der Waals surface area contributed by atoms with E-state index in [9.17, 15) is 5.26 Å². The van der Waals surface area contributed by atoms with E-state index < -0.39 is 0 Å². The number of aryl methyl sites for hydroxylation is 1. The van der Waals surface area contributed by atoms with E-state index in [0.29, 0.717) is 16.2 Å². The zero-order valence-electron chi connectivity index (χ0n) is 13.3. The number of methoxy groups -OCH3 is 2. The molecule has 5 nitrogen and oxygen atoms in total. The molecule has 0 radical (unpaired) electrons. The number of thiol groups is 1. The first-order chi connectivity index (χ1) is 11.1. The van der Waals surface area contributed by atoms with E-state index in [4.69, 9.17) is 14.2 Å². The average Bonchev–Trinajstić information content (AvgIpc) is 2.57. The van der Waals surface area contributed by atoms with E-state index >= 15 is 0 Å². The Hall–Kier alpha value is -2.07. The molecule has 0 bridgehead atoms. The predicted molar refractivity (Wildman–Crippen MR) is 89.6 cm³/mol. The molecule has 2 aromatic rings. The van der Waals surface area contributed by atoms with Crippen LogP contribution in [0, 0.1) is 18.3 Å². The standard InChI is InChI=1S/C17H18N2O3S/c1-11-14(8-18)17(23)15(9-22-10-20-2)16(19-11)12-5-4-6-13(7-12)21-3/h4-7H,9-10H2,1-3H3,(H,19,23). The van der Waals surface area contributed by atoms with Gasteiger partial charge in [0.25, 0.3) is 0 Å². The van der Waals surface area contributed by atoms with Crippen LogP contribution in [0.3, 0.4) is 0 Å². The fourth-order valence-electron chi connectivity index (χ4n) is 2.23. The molecule has 0 saturated carbocycles. The van der Waals surface area contributed by atoms with Gasteiger partial charge in [0.15, 0.2) is 0 Å². The average molecular weight is 330 g/mol. The number of pyridine rings is 1. The maximum absolute atomic E-state index is 9.31. The molecule has 0 aliphatic rings. The summed E-state index contributed by atoms with van der Waals surface area (Å²) in [6.07, 6.45) is 0. The number of benzene rings is 1. The Morgan fingerprint density at radius 3 is 2.74 bits per heavy atom. The summed E-state index contributed by atoms with van der Waals surface area (Å²) in [6, 6.07) is 9.72. The Morgan fingerprint density at radius 2 is 2.09 bits per heavy atom. The molecule has 0 amide bonds. The number of ether oxygens (including phenoxy) is 3. The minimum Gasteiger partial charge on any atom is -0.497 e. The second kappa shape index (κ2) is 7.97. The molecule has 0 atom stereocenters. The summed E-state index contributed by atoms with van der Waals surface area (Å²) < 4.78 is 15.6. The third-order valence-corrected chi connectivity index (χ3v) is 3.85. The molecule has 23 heavy (non-hydrogen) atoms. The van der Waals surface area contributed by atoms with Gasteiger partial charge in [-0.15, -0.1) is 12.6 Å². The molecule has 0 fully saturated rings. The zero-order chi connectivity index (χ0) is 16.8. The Morgan fingerprint density at radius 1 is 1.30 bits per heavy atom. The quantitative estimate of drug-likeness (QED) is 0.500. The van der Waals surface area contributed by atoms with Crippen molar-refractivity contribution < 1.29 is 14.2 Å². The number of hydrogen-bond acceptors (Lipinski definition) is 6. The first-order valence-corrected chi connectivity index (χ1v) is 7.40. The highest BCUT2D eigenvalue weighted by atomic mass is 32.1. The first kappa shape index (κ1) is 17.3. The Balaban J connectivity index is 2.58. The molecule has 0 N–H and O–H groups in total. The van der Waals surface area contributed by atoms with Gasteiger partial charge in [0, 0.05) is 23.1 Å². The van der Waals surface area contributed by atoms with Crippen molar-refractivity contribution in [3.05, 3.63) is 41.1 Å². The predicted octanol–water partition coefficient (Wildman–Crippen LogP) is 3.35. The maximum Gasteiger partial charge on any atom is 0.146 e. The van der Waals surface area contributed by atoms with Gasteiger partial charge in [-0.05, 0) is 19.1 Å². The van der Waals surface area contributed by atoms with Crippen LogP contribution in [0.5, 0.6) is 5.75 Å². The molecule has 1 aromatic heterocycles. The highest BCUT2D eigenvalue weighted by Crippen LogP contribution is 2.32. The molecule has 0 aliphatic heterocycles. The lowest BCUT2D eigenvalue weighted by Gasteiger charge is -2.15. The smallest absolute Gasteiger partial charge is 0.146 e. The van der Waals surface area contributed by atoms with Crippen LogP contribution in [0.25, 0.3) is 11.3 Å². The summed E-state index contributed by atoms with van der Waals surface area (Å²) in [5, 5.41) is 9.31. The van der Waals surface area contributed by atoms with Crippen LogP contribution in [0.15, 0.2) is 29.2 Å². The molecule has 0 aliphatic carbocycles. The third kappa shape index (κ3) is 3.82. The van der Waals surface area contributed by atoms with Gasteiger partial charge in [0.1, 0.15) is 18.6 Å². The van der Waals surface area contributed by atoms with Crippen molar-refractivity contribution in [2.75, 3.05) is 21.0 Å². The molecule has 0 spiro atoms. The zero-order valence-corrected chi connectivity index (χ0v) is 14.2. The van der Waals surface area contributed by atoms with Gasteiger partial charge in [-0.1, -0.05) is 12.1 Å². The Labute approximate surface area is 141 Å². The molecule has 6 heteroatoms. The van der Waals surface area contributed by atoms with Crippen molar-refractivity contribution in [3.8, 4) is 23.1 Å². The van der Waals surface area contributed by atoms with Crippen LogP contribution >= 0.6 is 12.6 Å². The fraction of sp³-hybridized carbons (Fsp3) is 0.294. The molecule has 0 unspecified atom stereocenters. The van der Waals surface area contributed by atoms with Gasteiger partial charge < -0.3 is 14.2 Å². The van der Waals surface area contributed by atoms with Gasteiger partial charge in [0.05, 0.1) is 30.7 Å². The van der Waals surface area contributed by atoms with Crippen LogP contribution in [0.1, 0.15) is 16.8 Å². The molecular formula is C17H18N2O3S. The molecular weight excluding hydrogens is 312 g/mol. The van der Waals surface area contributed by atoms with Crippen LogP contribution in [0.2, 0.25) is 0 Å². The molecule has 2 rings (SSSR count). The van der Waals surface area contributed by atoms with Gasteiger partial charge >= 0.3 is 0 Å². The van der Waals surface area contributed by atoms with E-state index in [0.717, 1.165) is 22.6 Å². The summed E-state index contributed by atoms with van der Waals surface area (Å²) in [7, 11) is 3.17. The van der Waals surface area contributed by atoms with Crippen molar-refractivity contribution in [2.45, 2.75) is 18.4 Å². The molecule has 1 aromatic carbocycles. The van der Waals surface area contributed by atoms with E-state index in [-0.39, 0.29) is 13.4 Å². The minimum absolute atomic E-state index is 0.153. The highest BCUT2D eigenvalue weighted by Gasteiger charge is 2.17. The lowest BCUT2D eigenvalue weighted by molar-refractivity contribution is -0.0396. The first-order valence-electron chi connectivity index (χ1n) is 6.96. The van der Waals surface area contributed by atoms with E-state index in [1.165, 1.54) is 0 Å². The number of nitriles is 1. The summed E-state index contributed by atoms with van der Waals surface area (Å²) in [4.78, 5) is 5.16. The van der Waals surface area contributed by atoms with Gasteiger partial charge in [0.2, 0.25) is 0 Å². The fourth-order valence-corrected chi connectivity index (χ4v) is 2.61. The second-order valence-corrected chi connectivity index (χ2v) is 5.29. The lowest BCUT2D eigenvalue weighted by atomic mass is 10.0. The molecule has 120 valence electrons. The van der Waals surface area contributed by atoms with Crippen LogP contribution in [-0.2, 0) is 16.1 Å². The number of nitrogens with zero attached hydrogens (tertiary/aromatic N) is 2. The van der Waals surface area contributed by atoms with E-state index in [1.54, 1.807) is 21.1 Å². The van der Waals surface area contributed by atoms with Gasteiger partial charge in [-0.25, -0.2) is 0 Å². The van der Waals surface area contributed by atoms with Crippen molar-refractivity contribution in [1.29, 1.82) is 5.26 Å². The molecule has 0 saturated heterocycles. The summed E-state index contributed by atoms with van der Waals surface area (Å²) in [5.74, 6) is 0.732. The normalized spacial score (nSPS) is 10.4. The Bertz CT molecular complexity index is 741. The number of hydrogen-bond donors (Lipinski definition) is 1. The monoisotopic (exact) mass is 330 g/mol. The van der Waals surface area contributed by atoms with Gasteiger partial charge in [-0.2, -0.15) is 5.26 Å². The third-order valence-electron chi connectivity index (χ3n) is 3.35. The topological polar surface area (TPSA) is 64.4 Å². The summed E-state index contributed by atoms with van der Waals surface area (Å²) in [6.45, 7) is 2.20. The minimum atomic E-state index is 0.153. The van der Waals surface area contributed by atoms with Crippen LogP contribution in [-0.4, -0.2) is 26.0 Å². The lowest BCUT2D eigenvalue weighted by Crippen LogP contribution is -2.05. The van der Waals surface area contributed by atoms with E-state index in [1.807, 2.05) is 24.3 Å². The summed E-state index contributed by atoms with van der Waals surface area (Å²) >= 11 is 4.52. The number of aromatic nitrogens is 1. The number of rotatable bonds is 6. The van der Waals surface area contributed by atoms with Crippen molar-refractivity contribution in [2.24, 2.45) is 0 Å². The largest absolute Gasteiger partial charge is 0.497 e. The van der Waals surface area contributed by atoms with E-state index in [2.05, 4.69) is 23.7 Å². The Kier molecular flexibility index (Phi) is 5.99. The van der Waals surface area contributed by atoms with Crippen molar-refractivity contribution in [3.63, 3.8) is 0 Å². The van der Waals surface area contributed by atoms with Crippen molar-refractivity contribution >= 4 is 12.6 Å².